The van der Waals surface area contributed by atoms with E-state index >= 15 is 0 Å². The summed E-state index contributed by atoms with van der Waals surface area (Å²) in [7, 11) is 0. The summed E-state index contributed by atoms with van der Waals surface area (Å²) in [6, 6.07) is 6.27. The second-order valence-corrected chi connectivity index (χ2v) is 4.70. The van der Waals surface area contributed by atoms with E-state index in [0.29, 0.717) is 11.1 Å². The SMILES string of the molecule is N#Cc1ccc(F)cc1-c1cnn(CC2CC2)c1. The summed E-state index contributed by atoms with van der Waals surface area (Å²) in [6.45, 7) is 0.914. The van der Waals surface area contributed by atoms with Crippen molar-refractivity contribution in [1.82, 2.24) is 9.78 Å². The second-order valence-electron chi connectivity index (χ2n) is 4.70. The van der Waals surface area contributed by atoms with Gasteiger partial charge in [0.1, 0.15) is 5.82 Å². The smallest absolute Gasteiger partial charge is 0.123 e. The number of benzene rings is 1. The first-order valence-electron chi connectivity index (χ1n) is 5.99. The molecule has 2 aromatic rings. The quantitative estimate of drug-likeness (QED) is 0.829. The highest BCUT2D eigenvalue weighted by Gasteiger charge is 2.22. The van der Waals surface area contributed by atoms with Crippen LogP contribution in [0.2, 0.25) is 0 Å². The molecule has 0 saturated heterocycles. The minimum Gasteiger partial charge on any atom is -0.272 e. The van der Waals surface area contributed by atoms with E-state index in [1.165, 1.54) is 31.0 Å². The van der Waals surface area contributed by atoms with E-state index in [1.807, 2.05) is 10.9 Å². The monoisotopic (exact) mass is 241 g/mol. The molecule has 1 heterocycles. The molecule has 1 aliphatic rings. The van der Waals surface area contributed by atoms with Gasteiger partial charge in [0.2, 0.25) is 0 Å². The minimum absolute atomic E-state index is 0.334. The molecule has 0 aliphatic heterocycles. The van der Waals surface area contributed by atoms with Crippen LogP contribution in [0.1, 0.15) is 18.4 Å². The minimum atomic E-state index is -0.334. The van der Waals surface area contributed by atoms with Gasteiger partial charge < -0.3 is 0 Å². The number of nitriles is 1. The maximum absolute atomic E-state index is 13.3. The Morgan fingerprint density at radius 2 is 2.28 bits per heavy atom. The van der Waals surface area contributed by atoms with Gasteiger partial charge in [-0.2, -0.15) is 10.4 Å². The number of rotatable bonds is 3. The molecule has 90 valence electrons. The number of aromatic nitrogens is 2. The first kappa shape index (κ1) is 11.0. The van der Waals surface area contributed by atoms with E-state index in [4.69, 9.17) is 5.26 Å². The molecule has 0 unspecified atom stereocenters. The molecular formula is C14H12FN3. The Balaban J connectivity index is 1.95. The fraction of sp³-hybridized carbons (Fsp3) is 0.286. The van der Waals surface area contributed by atoms with Crippen molar-refractivity contribution in [2.45, 2.75) is 19.4 Å². The molecule has 0 atom stereocenters. The van der Waals surface area contributed by atoms with E-state index in [0.717, 1.165) is 18.0 Å². The molecule has 0 amide bonds. The van der Waals surface area contributed by atoms with Gasteiger partial charge in [-0.15, -0.1) is 0 Å². The van der Waals surface area contributed by atoms with Gasteiger partial charge in [0, 0.05) is 23.9 Å². The van der Waals surface area contributed by atoms with Crippen molar-refractivity contribution in [1.29, 1.82) is 5.26 Å². The predicted octanol–water partition coefficient (Wildman–Crippen LogP) is 2.97. The summed E-state index contributed by atoms with van der Waals surface area (Å²) in [5.74, 6) is 0.402. The predicted molar refractivity (Wildman–Crippen MR) is 65.1 cm³/mol. The normalized spacial score (nSPS) is 14.4. The highest BCUT2D eigenvalue weighted by atomic mass is 19.1. The molecule has 1 saturated carbocycles. The van der Waals surface area contributed by atoms with Crippen molar-refractivity contribution in [3.8, 4) is 17.2 Å². The van der Waals surface area contributed by atoms with E-state index in [-0.39, 0.29) is 5.82 Å². The third-order valence-electron chi connectivity index (χ3n) is 3.19. The van der Waals surface area contributed by atoms with Gasteiger partial charge in [-0.3, -0.25) is 4.68 Å². The Kier molecular flexibility index (Phi) is 2.60. The molecule has 0 bridgehead atoms. The van der Waals surface area contributed by atoms with Crippen LogP contribution >= 0.6 is 0 Å². The summed E-state index contributed by atoms with van der Waals surface area (Å²) in [6.07, 6.45) is 6.10. The Morgan fingerprint density at radius 1 is 1.44 bits per heavy atom. The maximum Gasteiger partial charge on any atom is 0.123 e. The third kappa shape index (κ3) is 2.12. The first-order chi connectivity index (χ1) is 8.76. The average Bonchev–Trinajstić information content (AvgIpc) is 3.05. The van der Waals surface area contributed by atoms with Crippen LogP contribution in [0.3, 0.4) is 0 Å². The van der Waals surface area contributed by atoms with Crippen LogP contribution in [0.4, 0.5) is 4.39 Å². The van der Waals surface area contributed by atoms with Gasteiger partial charge in [-0.25, -0.2) is 4.39 Å². The van der Waals surface area contributed by atoms with Crippen LogP contribution in [0, 0.1) is 23.1 Å². The lowest BCUT2D eigenvalue weighted by atomic mass is 10.0. The molecule has 1 aromatic carbocycles. The standard InChI is InChI=1S/C14H12FN3/c15-13-4-3-11(6-16)14(5-13)12-7-17-18(9-12)8-10-1-2-10/h3-5,7,9-10H,1-2,8H2. The van der Waals surface area contributed by atoms with Crippen molar-refractivity contribution in [3.05, 3.63) is 42.0 Å². The van der Waals surface area contributed by atoms with Gasteiger partial charge >= 0.3 is 0 Å². The third-order valence-corrected chi connectivity index (χ3v) is 3.19. The van der Waals surface area contributed by atoms with Crippen LogP contribution in [-0.4, -0.2) is 9.78 Å². The van der Waals surface area contributed by atoms with Crippen LogP contribution in [-0.2, 0) is 6.54 Å². The van der Waals surface area contributed by atoms with Crippen molar-refractivity contribution in [2.75, 3.05) is 0 Å². The second kappa shape index (κ2) is 4.26. The summed E-state index contributed by atoms with van der Waals surface area (Å²) in [4.78, 5) is 0. The molecule has 0 N–H and O–H groups in total. The highest BCUT2D eigenvalue weighted by Crippen LogP contribution is 2.31. The lowest BCUT2D eigenvalue weighted by Gasteiger charge is -2.01. The van der Waals surface area contributed by atoms with Gasteiger partial charge in [0.05, 0.1) is 17.8 Å². The largest absolute Gasteiger partial charge is 0.272 e. The van der Waals surface area contributed by atoms with E-state index in [1.54, 1.807) is 6.20 Å². The Bertz CT molecular complexity index is 620. The molecule has 1 aliphatic carbocycles. The molecule has 18 heavy (non-hydrogen) atoms. The van der Waals surface area contributed by atoms with Gasteiger partial charge in [-0.05, 0) is 37.0 Å². The molecule has 0 spiro atoms. The van der Waals surface area contributed by atoms with Crippen molar-refractivity contribution in [2.24, 2.45) is 5.92 Å². The van der Waals surface area contributed by atoms with E-state index < -0.39 is 0 Å². The molecule has 3 rings (SSSR count). The van der Waals surface area contributed by atoms with Gasteiger partial charge in [0.15, 0.2) is 0 Å². The average molecular weight is 241 g/mol. The topological polar surface area (TPSA) is 41.6 Å². The molecule has 3 nitrogen and oxygen atoms in total. The van der Waals surface area contributed by atoms with Crippen LogP contribution in [0.25, 0.3) is 11.1 Å². The molecule has 4 heteroatoms. The molecule has 1 fully saturated rings. The molecule has 1 aromatic heterocycles. The zero-order valence-electron chi connectivity index (χ0n) is 9.81. The van der Waals surface area contributed by atoms with E-state index in [9.17, 15) is 4.39 Å². The molecule has 0 radical (unpaired) electrons. The molecular weight excluding hydrogens is 229 g/mol. The fourth-order valence-corrected chi connectivity index (χ4v) is 2.02. The zero-order chi connectivity index (χ0) is 12.5. The summed E-state index contributed by atoms with van der Waals surface area (Å²) < 4.78 is 15.1. The lowest BCUT2D eigenvalue weighted by molar-refractivity contribution is 0.563. The Hall–Kier alpha value is -2.15. The zero-order valence-corrected chi connectivity index (χ0v) is 9.81. The maximum atomic E-state index is 13.3. The summed E-state index contributed by atoms with van der Waals surface area (Å²) in [5, 5.41) is 13.3. The highest BCUT2D eigenvalue weighted by molar-refractivity contribution is 5.69. The van der Waals surface area contributed by atoms with E-state index in [2.05, 4.69) is 11.2 Å². The van der Waals surface area contributed by atoms with Crippen molar-refractivity contribution < 1.29 is 4.39 Å². The Labute approximate surface area is 104 Å². The summed E-state index contributed by atoms with van der Waals surface area (Å²) in [5.41, 5.74) is 1.88. The number of hydrogen-bond acceptors (Lipinski definition) is 2. The first-order valence-corrected chi connectivity index (χ1v) is 5.99. The summed E-state index contributed by atoms with van der Waals surface area (Å²) >= 11 is 0. The number of hydrogen-bond donors (Lipinski definition) is 0. The van der Waals surface area contributed by atoms with Crippen molar-refractivity contribution in [3.63, 3.8) is 0 Å². The lowest BCUT2D eigenvalue weighted by Crippen LogP contribution is -1.99. The van der Waals surface area contributed by atoms with Crippen molar-refractivity contribution >= 4 is 0 Å². The number of nitrogens with zero attached hydrogens (tertiary/aromatic N) is 3. The number of halogens is 1. The fourth-order valence-electron chi connectivity index (χ4n) is 2.02. The van der Waals surface area contributed by atoms with Crippen LogP contribution in [0.5, 0.6) is 0 Å². The van der Waals surface area contributed by atoms with Crippen LogP contribution in [0.15, 0.2) is 30.6 Å². The Morgan fingerprint density at radius 3 is 3.00 bits per heavy atom. The van der Waals surface area contributed by atoms with Crippen LogP contribution < -0.4 is 0 Å². The van der Waals surface area contributed by atoms with Gasteiger partial charge in [-0.1, -0.05) is 0 Å². The van der Waals surface area contributed by atoms with Gasteiger partial charge in [0.25, 0.3) is 0 Å².